The molecule has 4 nitrogen and oxygen atoms in total. The first-order valence-corrected chi connectivity index (χ1v) is 8.58. The zero-order valence-corrected chi connectivity index (χ0v) is 12.5. The number of nitrogens with zero attached hydrogens (tertiary/aromatic N) is 2. The number of nitrogens with two attached hydrogens (primary N) is 1. The molecule has 3 heterocycles. The highest BCUT2D eigenvalue weighted by Crippen LogP contribution is 2.48. The fourth-order valence-corrected chi connectivity index (χ4v) is 4.48. The molecule has 2 aliphatic rings. The SMILES string of the molecule is Nc1nc(C(=O)N2CCc3sccc3C2C2CC2)cs1. The number of hydrogen-bond acceptors (Lipinski definition) is 5. The minimum atomic E-state index is 0.0340. The first-order valence-electron chi connectivity index (χ1n) is 6.82. The Kier molecular flexibility index (Phi) is 2.82. The molecule has 1 aliphatic carbocycles. The van der Waals surface area contributed by atoms with Crippen molar-refractivity contribution in [2.45, 2.75) is 25.3 Å². The molecule has 0 aromatic carbocycles. The molecule has 104 valence electrons. The van der Waals surface area contributed by atoms with Gasteiger partial charge in [-0.2, -0.15) is 0 Å². The van der Waals surface area contributed by atoms with E-state index < -0.39 is 0 Å². The highest BCUT2D eigenvalue weighted by molar-refractivity contribution is 7.13. The van der Waals surface area contributed by atoms with Gasteiger partial charge in [-0.3, -0.25) is 4.79 Å². The van der Waals surface area contributed by atoms with Gasteiger partial charge in [0, 0.05) is 16.8 Å². The number of anilines is 1. The van der Waals surface area contributed by atoms with Crippen LogP contribution in [0.2, 0.25) is 0 Å². The minimum Gasteiger partial charge on any atom is -0.375 e. The van der Waals surface area contributed by atoms with Crippen LogP contribution in [0.3, 0.4) is 0 Å². The van der Waals surface area contributed by atoms with E-state index in [0.717, 1.165) is 13.0 Å². The third kappa shape index (κ3) is 1.94. The van der Waals surface area contributed by atoms with Crippen molar-refractivity contribution in [2.75, 3.05) is 12.3 Å². The maximum Gasteiger partial charge on any atom is 0.273 e. The Balaban J connectivity index is 1.69. The Morgan fingerprint density at radius 1 is 1.40 bits per heavy atom. The molecule has 4 rings (SSSR count). The summed E-state index contributed by atoms with van der Waals surface area (Å²) in [5.74, 6) is 0.662. The fraction of sp³-hybridized carbons (Fsp3) is 0.429. The van der Waals surface area contributed by atoms with Gasteiger partial charge in [-0.05, 0) is 42.2 Å². The number of carbonyl (C=O) groups is 1. The Morgan fingerprint density at radius 2 is 2.25 bits per heavy atom. The van der Waals surface area contributed by atoms with Crippen LogP contribution in [0.5, 0.6) is 0 Å². The first-order chi connectivity index (χ1) is 9.74. The molecule has 2 aromatic rings. The maximum atomic E-state index is 12.7. The predicted molar refractivity (Wildman–Crippen MR) is 81.1 cm³/mol. The summed E-state index contributed by atoms with van der Waals surface area (Å²) in [6.07, 6.45) is 3.41. The van der Waals surface area contributed by atoms with Crippen molar-refractivity contribution >= 4 is 33.7 Å². The van der Waals surface area contributed by atoms with Crippen LogP contribution in [0.4, 0.5) is 5.13 Å². The molecular formula is C14H15N3OS2. The second kappa shape index (κ2) is 4.56. The second-order valence-corrected chi connectivity index (χ2v) is 7.29. The lowest BCUT2D eigenvalue weighted by Crippen LogP contribution is -2.40. The molecule has 1 atom stereocenters. The zero-order chi connectivity index (χ0) is 13.7. The van der Waals surface area contributed by atoms with Gasteiger partial charge in [-0.1, -0.05) is 0 Å². The van der Waals surface area contributed by atoms with Gasteiger partial charge >= 0.3 is 0 Å². The smallest absolute Gasteiger partial charge is 0.273 e. The second-order valence-electron chi connectivity index (χ2n) is 5.40. The van der Waals surface area contributed by atoms with Gasteiger partial charge in [-0.25, -0.2) is 4.98 Å². The van der Waals surface area contributed by atoms with Crippen LogP contribution >= 0.6 is 22.7 Å². The normalized spacial score (nSPS) is 21.8. The average Bonchev–Trinajstić information content (AvgIpc) is 3.00. The van der Waals surface area contributed by atoms with E-state index in [1.165, 1.54) is 34.6 Å². The summed E-state index contributed by atoms with van der Waals surface area (Å²) in [5, 5.41) is 4.38. The van der Waals surface area contributed by atoms with Crippen molar-refractivity contribution in [3.63, 3.8) is 0 Å². The summed E-state index contributed by atoms with van der Waals surface area (Å²) in [4.78, 5) is 20.3. The number of thiophene rings is 1. The van der Waals surface area contributed by atoms with Crippen LogP contribution in [0.15, 0.2) is 16.8 Å². The third-order valence-corrected chi connectivity index (χ3v) is 5.75. The summed E-state index contributed by atoms with van der Waals surface area (Å²) in [7, 11) is 0. The lowest BCUT2D eigenvalue weighted by atomic mass is 9.95. The molecule has 1 unspecified atom stereocenters. The Hall–Kier alpha value is -1.40. The van der Waals surface area contributed by atoms with Gasteiger partial charge in [0.25, 0.3) is 5.91 Å². The molecule has 1 saturated carbocycles. The van der Waals surface area contributed by atoms with Crippen LogP contribution in [0.25, 0.3) is 0 Å². The topological polar surface area (TPSA) is 59.2 Å². The quantitative estimate of drug-likeness (QED) is 0.928. The number of nitrogen functional groups attached to an aromatic ring is 1. The van der Waals surface area contributed by atoms with Gasteiger partial charge in [0.1, 0.15) is 5.69 Å². The molecule has 1 aliphatic heterocycles. The Bertz CT molecular complexity index is 659. The molecule has 2 aromatic heterocycles. The van der Waals surface area contributed by atoms with E-state index in [-0.39, 0.29) is 11.9 Å². The van der Waals surface area contributed by atoms with Crippen LogP contribution in [0.1, 0.15) is 39.8 Å². The number of hydrogen-bond donors (Lipinski definition) is 1. The van der Waals surface area contributed by atoms with Crippen molar-refractivity contribution < 1.29 is 4.79 Å². The third-order valence-electron chi connectivity index (χ3n) is 4.08. The molecular weight excluding hydrogens is 290 g/mol. The number of amides is 1. The summed E-state index contributed by atoms with van der Waals surface area (Å²) in [6.45, 7) is 0.797. The van der Waals surface area contributed by atoms with Crippen molar-refractivity contribution in [1.29, 1.82) is 0 Å². The summed E-state index contributed by atoms with van der Waals surface area (Å²) >= 11 is 3.15. The minimum absolute atomic E-state index is 0.0340. The maximum absolute atomic E-state index is 12.7. The van der Waals surface area contributed by atoms with E-state index in [1.807, 2.05) is 16.2 Å². The summed E-state index contributed by atoms with van der Waals surface area (Å²) in [6, 6.07) is 2.44. The largest absolute Gasteiger partial charge is 0.375 e. The van der Waals surface area contributed by atoms with E-state index in [9.17, 15) is 4.79 Å². The lowest BCUT2D eigenvalue weighted by molar-refractivity contribution is 0.0632. The van der Waals surface area contributed by atoms with Crippen molar-refractivity contribution in [3.05, 3.63) is 33.0 Å². The number of fused-ring (bicyclic) bond motifs is 1. The van der Waals surface area contributed by atoms with Crippen LogP contribution < -0.4 is 5.73 Å². The molecule has 20 heavy (non-hydrogen) atoms. The number of carbonyl (C=O) groups excluding carboxylic acids is 1. The average molecular weight is 305 g/mol. The standard InChI is InChI=1S/C14H15N3OS2/c15-14-16-10(7-20-14)13(18)17-5-3-11-9(4-6-19-11)12(17)8-1-2-8/h4,6-8,12H,1-3,5H2,(H2,15,16). The van der Waals surface area contributed by atoms with Gasteiger partial charge in [0.15, 0.2) is 5.13 Å². The van der Waals surface area contributed by atoms with Crippen molar-refractivity contribution in [2.24, 2.45) is 5.92 Å². The van der Waals surface area contributed by atoms with E-state index in [1.54, 1.807) is 5.38 Å². The number of rotatable bonds is 2. The lowest BCUT2D eigenvalue weighted by Gasteiger charge is -2.35. The fourth-order valence-electron chi connectivity index (χ4n) is 3.03. The Morgan fingerprint density at radius 3 is 2.95 bits per heavy atom. The molecule has 0 bridgehead atoms. The van der Waals surface area contributed by atoms with E-state index >= 15 is 0 Å². The van der Waals surface area contributed by atoms with Crippen molar-refractivity contribution in [3.8, 4) is 0 Å². The van der Waals surface area contributed by atoms with Gasteiger partial charge in [-0.15, -0.1) is 22.7 Å². The zero-order valence-electron chi connectivity index (χ0n) is 10.9. The van der Waals surface area contributed by atoms with Gasteiger partial charge in [0.2, 0.25) is 0 Å². The summed E-state index contributed by atoms with van der Waals surface area (Å²) < 4.78 is 0. The summed E-state index contributed by atoms with van der Waals surface area (Å²) in [5.41, 5.74) is 7.51. The molecule has 1 fully saturated rings. The van der Waals surface area contributed by atoms with Crippen LogP contribution in [-0.4, -0.2) is 22.3 Å². The first kappa shape index (κ1) is 12.3. The number of aromatic nitrogens is 1. The van der Waals surface area contributed by atoms with E-state index in [4.69, 9.17) is 5.73 Å². The van der Waals surface area contributed by atoms with Gasteiger partial charge < -0.3 is 10.6 Å². The highest BCUT2D eigenvalue weighted by atomic mass is 32.1. The molecule has 1 amide bonds. The van der Waals surface area contributed by atoms with E-state index in [0.29, 0.717) is 16.7 Å². The molecule has 0 saturated heterocycles. The Labute approximate surface area is 125 Å². The molecule has 0 spiro atoms. The highest BCUT2D eigenvalue weighted by Gasteiger charge is 2.42. The molecule has 6 heteroatoms. The van der Waals surface area contributed by atoms with Crippen LogP contribution in [-0.2, 0) is 6.42 Å². The van der Waals surface area contributed by atoms with Crippen LogP contribution in [0, 0.1) is 5.92 Å². The molecule has 0 radical (unpaired) electrons. The number of thiazole rings is 1. The molecule has 2 N–H and O–H groups in total. The predicted octanol–water partition coefficient (Wildman–Crippen LogP) is 2.94. The van der Waals surface area contributed by atoms with Crippen molar-refractivity contribution in [1.82, 2.24) is 9.88 Å². The van der Waals surface area contributed by atoms with E-state index in [2.05, 4.69) is 16.4 Å². The monoisotopic (exact) mass is 305 g/mol. The van der Waals surface area contributed by atoms with Gasteiger partial charge in [0.05, 0.1) is 6.04 Å².